The second-order valence-electron chi connectivity index (χ2n) is 23.3. The van der Waals surface area contributed by atoms with Gasteiger partial charge in [-0.3, -0.25) is 0 Å². The topological polar surface area (TPSA) is 298 Å². The summed E-state index contributed by atoms with van der Waals surface area (Å²) in [6, 6.07) is 0. The van der Waals surface area contributed by atoms with Crippen molar-refractivity contribution < 1.29 is 89.7 Å². The Morgan fingerprint density at radius 1 is 0.585 bits per heavy atom. The fraction of sp³-hybridized carbons (Fsp3) is 1.00. The predicted octanol–water partition coefficient (Wildman–Crippen LogP) is -0.193. The van der Waals surface area contributed by atoms with Crippen molar-refractivity contribution in [3.8, 4) is 0 Å². The summed E-state index contributed by atoms with van der Waals surface area (Å²) >= 11 is 0. The number of ether oxygens (including phenoxy) is 6. The molecule has 3 aliphatic heterocycles. The summed E-state index contributed by atoms with van der Waals surface area (Å²) in [6.45, 7) is 15.0. The Labute approximate surface area is 383 Å². The molecule has 0 unspecified atom stereocenters. The molecule has 0 aromatic heterocycles. The highest BCUT2D eigenvalue weighted by atomic mass is 16.8. The van der Waals surface area contributed by atoms with Gasteiger partial charge in [-0.15, -0.1) is 0 Å². The Bertz CT molecular complexity index is 1610. The maximum absolute atomic E-state index is 12.3. The molecular weight excluding hydrogens is 852 g/mol. The van der Waals surface area contributed by atoms with Crippen LogP contribution in [0.4, 0.5) is 0 Å². The van der Waals surface area contributed by atoms with Crippen LogP contribution < -0.4 is 0 Å². The Balaban J connectivity index is 1.11. The van der Waals surface area contributed by atoms with Crippen molar-refractivity contribution >= 4 is 0 Å². The largest absolute Gasteiger partial charge is 0.394 e. The van der Waals surface area contributed by atoms with E-state index in [9.17, 15) is 61.3 Å². The Morgan fingerprint density at radius 2 is 1.14 bits per heavy atom. The first-order chi connectivity index (χ1) is 30.2. The summed E-state index contributed by atoms with van der Waals surface area (Å²) in [5, 5.41) is 131. The Hall–Kier alpha value is -0.720. The normalized spacial score (nSPS) is 52.2. The van der Waals surface area contributed by atoms with Crippen molar-refractivity contribution in [3.05, 3.63) is 0 Å². The van der Waals surface area contributed by atoms with Gasteiger partial charge < -0.3 is 89.7 Å². The summed E-state index contributed by atoms with van der Waals surface area (Å²) in [5.74, 6) is 0.101. The number of aliphatic hydroxyl groups excluding tert-OH is 10. The summed E-state index contributed by atoms with van der Waals surface area (Å²) in [6.07, 6.45) is -16.6. The van der Waals surface area contributed by atoms with Gasteiger partial charge in [0.2, 0.25) is 0 Å². The fourth-order valence-electron chi connectivity index (χ4n) is 14.7. The number of aliphatic hydroxyl groups is 12. The molecule has 24 atom stereocenters. The molecule has 18 nitrogen and oxygen atoms in total. The summed E-state index contributed by atoms with van der Waals surface area (Å²) in [7, 11) is 0. The highest BCUT2D eigenvalue weighted by molar-refractivity contribution is 5.20. The van der Waals surface area contributed by atoms with Gasteiger partial charge >= 0.3 is 0 Å². The van der Waals surface area contributed by atoms with E-state index >= 15 is 0 Å². The molecule has 0 bridgehead atoms. The number of rotatable bonds is 13. The molecule has 0 aromatic carbocycles. The quantitative estimate of drug-likeness (QED) is 0.107. The average molecular weight is 935 g/mol. The van der Waals surface area contributed by atoms with E-state index < -0.39 is 135 Å². The maximum Gasteiger partial charge on any atom is 0.187 e. The van der Waals surface area contributed by atoms with Gasteiger partial charge in [0.1, 0.15) is 67.1 Å². The number of hydrogen-bond donors (Lipinski definition) is 12. The van der Waals surface area contributed by atoms with Crippen molar-refractivity contribution in [2.24, 2.45) is 45.3 Å². The SMILES string of the molecule is CC(C)(O)CCC[C@](C)(O)[C@H]1CC[C@]2(C)[C@@H]1[C@H](O)C[C@@H]1[C@@]3(C)CC[C@H](O[C@@H]4O[C@H](CO)[C@@H](O)[C@H](O)[C@H]4O[C@@H]4O[C@H](CO)[C@@H](O)[C@H](O)[C@H]4O[C@@H]4OC[C@@H](O)[C@H](O)[C@H]4O)C(C)(C)[C@@H]3CC[C@]12C. The first-order valence-corrected chi connectivity index (χ1v) is 24.2. The second-order valence-corrected chi connectivity index (χ2v) is 23.3. The molecule has 0 aromatic rings. The molecule has 0 amide bonds. The number of hydrogen-bond acceptors (Lipinski definition) is 18. The van der Waals surface area contributed by atoms with E-state index in [4.69, 9.17) is 28.4 Å². The predicted molar refractivity (Wildman–Crippen MR) is 229 cm³/mol. The summed E-state index contributed by atoms with van der Waals surface area (Å²) in [4.78, 5) is 0. The van der Waals surface area contributed by atoms with Gasteiger partial charge in [0.05, 0.1) is 43.2 Å². The minimum absolute atomic E-state index is 0.0757. The lowest BCUT2D eigenvalue weighted by Crippen LogP contribution is -2.68. The van der Waals surface area contributed by atoms with Crippen molar-refractivity contribution in [1.82, 2.24) is 0 Å². The third-order valence-corrected chi connectivity index (χ3v) is 18.6. The average Bonchev–Trinajstić information content (AvgIpc) is 3.62. The Kier molecular flexibility index (Phi) is 15.1. The molecule has 3 heterocycles. The van der Waals surface area contributed by atoms with Crippen LogP contribution in [0, 0.1) is 45.3 Å². The van der Waals surface area contributed by atoms with E-state index in [1.165, 1.54) is 0 Å². The minimum Gasteiger partial charge on any atom is -0.394 e. The molecule has 65 heavy (non-hydrogen) atoms. The lowest BCUT2D eigenvalue weighted by Gasteiger charge is -2.70. The molecule has 0 radical (unpaired) electrons. The van der Waals surface area contributed by atoms with Crippen LogP contribution in [0.2, 0.25) is 0 Å². The van der Waals surface area contributed by atoms with Crippen LogP contribution in [0.5, 0.6) is 0 Å². The highest BCUT2D eigenvalue weighted by Gasteiger charge is 2.71. The van der Waals surface area contributed by atoms with Crippen molar-refractivity contribution in [1.29, 1.82) is 0 Å². The van der Waals surface area contributed by atoms with Crippen LogP contribution in [-0.2, 0) is 28.4 Å². The van der Waals surface area contributed by atoms with Gasteiger partial charge in [-0.25, -0.2) is 0 Å². The molecule has 4 aliphatic carbocycles. The van der Waals surface area contributed by atoms with E-state index in [2.05, 4.69) is 34.6 Å². The smallest absolute Gasteiger partial charge is 0.187 e. The van der Waals surface area contributed by atoms with Gasteiger partial charge in [0.25, 0.3) is 0 Å². The second kappa shape index (κ2) is 18.8. The van der Waals surface area contributed by atoms with Crippen LogP contribution in [0.3, 0.4) is 0 Å². The van der Waals surface area contributed by atoms with Crippen LogP contribution in [0.15, 0.2) is 0 Å². The van der Waals surface area contributed by atoms with Crippen LogP contribution >= 0.6 is 0 Å². The van der Waals surface area contributed by atoms with Crippen molar-refractivity contribution in [2.75, 3.05) is 19.8 Å². The molecule has 7 aliphatic rings. The van der Waals surface area contributed by atoms with Crippen LogP contribution in [-0.4, -0.2) is 191 Å². The molecule has 0 spiro atoms. The molecule has 4 saturated carbocycles. The zero-order valence-electron chi connectivity index (χ0n) is 39.6. The van der Waals surface area contributed by atoms with Gasteiger partial charge in [0.15, 0.2) is 18.9 Å². The third kappa shape index (κ3) is 9.14. The van der Waals surface area contributed by atoms with Crippen LogP contribution in [0.25, 0.3) is 0 Å². The lowest BCUT2D eigenvalue weighted by molar-refractivity contribution is -0.395. The van der Waals surface area contributed by atoms with Crippen molar-refractivity contribution in [3.63, 3.8) is 0 Å². The zero-order chi connectivity index (χ0) is 48.0. The van der Waals surface area contributed by atoms with Crippen LogP contribution in [0.1, 0.15) is 120 Å². The van der Waals surface area contributed by atoms with Gasteiger partial charge in [-0.2, -0.15) is 0 Å². The maximum atomic E-state index is 12.3. The first kappa shape index (κ1) is 52.1. The van der Waals surface area contributed by atoms with E-state index in [1.807, 2.05) is 6.92 Å². The lowest BCUT2D eigenvalue weighted by atomic mass is 9.35. The molecular formula is C47H82O18. The monoisotopic (exact) mass is 935 g/mol. The molecule has 378 valence electrons. The van der Waals surface area contributed by atoms with E-state index in [1.54, 1.807) is 13.8 Å². The molecule has 3 saturated heterocycles. The zero-order valence-corrected chi connectivity index (χ0v) is 39.6. The van der Waals surface area contributed by atoms with Gasteiger partial charge in [-0.1, -0.05) is 34.6 Å². The summed E-state index contributed by atoms with van der Waals surface area (Å²) in [5.41, 5.74) is -2.93. The number of fused-ring (bicyclic) bond motifs is 5. The minimum atomic E-state index is -1.84. The van der Waals surface area contributed by atoms with Crippen molar-refractivity contribution in [2.45, 2.75) is 229 Å². The summed E-state index contributed by atoms with van der Waals surface area (Å²) < 4.78 is 36.4. The fourth-order valence-corrected chi connectivity index (χ4v) is 14.7. The first-order valence-electron chi connectivity index (χ1n) is 24.2. The van der Waals surface area contributed by atoms with Gasteiger partial charge in [-0.05, 0) is 130 Å². The standard InChI is InChI=1S/C47H82O18/c1-42(2,58)13-9-14-47(8,59)22-10-16-46(7)30(22)23(50)18-28-44(5)15-12-29(43(3,4)27(44)11-17-45(28,46)6)63-40-37(34(55)32(53)25(19-48)61-40)65-41-38(35(56)33(54)26(20-49)62-41)64-39-36(57)31(52)24(51)21-60-39/h22-41,48-59H,9-21H2,1-8H3/t22-,23+,24+,25+,26+,27-,28+,29-,30-,31-,32+,33+,34-,35-,36+,37+,38+,39-,40-,41-,44-,45+,46+,47-/m0/s1. The molecule has 12 N–H and O–H groups in total. The van der Waals surface area contributed by atoms with Gasteiger partial charge in [0, 0.05) is 0 Å². The van der Waals surface area contributed by atoms with E-state index in [-0.39, 0.29) is 39.9 Å². The molecule has 7 fully saturated rings. The Morgan fingerprint density at radius 3 is 1.71 bits per heavy atom. The molecule has 7 rings (SSSR count). The van der Waals surface area contributed by atoms with E-state index in [0.717, 1.165) is 32.1 Å². The third-order valence-electron chi connectivity index (χ3n) is 18.6. The highest BCUT2D eigenvalue weighted by Crippen LogP contribution is 2.76. The molecule has 18 heteroatoms. The van der Waals surface area contributed by atoms with E-state index in [0.29, 0.717) is 32.1 Å².